The van der Waals surface area contributed by atoms with Crippen molar-refractivity contribution in [1.82, 2.24) is 25.3 Å². The fraction of sp³-hybridized carbons (Fsp3) is 1.00. The average molecular weight is 594 g/mol. The van der Waals surface area contributed by atoms with E-state index in [0.29, 0.717) is 18.1 Å². The lowest BCUT2D eigenvalue weighted by molar-refractivity contribution is 0.109. The van der Waals surface area contributed by atoms with E-state index < -0.39 is 0 Å². The Labute approximate surface area is 265 Å². The summed E-state index contributed by atoms with van der Waals surface area (Å²) in [4.78, 5) is 7.89. The predicted molar refractivity (Wildman–Crippen MR) is 189 cm³/mol. The zero-order valence-corrected chi connectivity index (χ0v) is 30.9. The van der Waals surface area contributed by atoms with Gasteiger partial charge < -0.3 is 20.4 Å². The monoisotopic (exact) mass is 594 g/mol. The van der Waals surface area contributed by atoms with E-state index in [2.05, 4.69) is 108 Å². The molecule has 2 atom stereocenters. The molecule has 0 aliphatic carbocycles. The van der Waals surface area contributed by atoms with Gasteiger partial charge in [-0.25, -0.2) is 0 Å². The Morgan fingerprint density at radius 1 is 0.548 bits per heavy atom. The second-order valence-corrected chi connectivity index (χ2v) is 15.7. The number of hydrogen-bond acceptors (Lipinski definition) is 5. The fourth-order valence-corrected chi connectivity index (χ4v) is 6.74. The van der Waals surface area contributed by atoms with Crippen molar-refractivity contribution in [3.05, 3.63) is 0 Å². The molecule has 2 unspecified atom stereocenters. The first-order valence-corrected chi connectivity index (χ1v) is 18.5. The van der Waals surface area contributed by atoms with Crippen LogP contribution in [0.5, 0.6) is 0 Å². The lowest BCUT2D eigenvalue weighted by Crippen LogP contribution is -2.49. The summed E-state index contributed by atoms with van der Waals surface area (Å²) in [6.07, 6.45) is 12.7. The van der Waals surface area contributed by atoms with Gasteiger partial charge in [0, 0.05) is 49.3 Å². The van der Waals surface area contributed by atoms with Gasteiger partial charge in [0.15, 0.2) is 0 Å². The fourth-order valence-electron chi connectivity index (χ4n) is 6.74. The number of nitrogens with one attached hydrogen (secondary N) is 2. The summed E-state index contributed by atoms with van der Waals surface area (Å²) < 4.78 is 0. The highest BCUT2D eigenvalue weighted by molar-refractivity contribution is 4.81. The highest BCUT2D eigenvalue weighted by atomic mass is 15.2. The van der Waals surface area contributed by atoms with Crippen LogP contribution in [0, 0.1) is 17.8 Å². The number of piperidine rings is 3. The first-order chi connectivity index (χ1) is 19.8. The van der Waals surface area contributed by atoms with Crippen LogP contribution in [-0.4, -0.2) is 96.8 Å². The average Bonchev–Trinajstić information content (AvgIpc) is 2.95. The second kappa shape index (κ2) is 22.3. The molecule has 42 heavy (non-hydrogen) atoms. The molecule has 0 saturated carbocycles. The first-order valence-electron chi connectivity index (χ1n) is 18.5. The van der Waals surface area contributed by atoms with Crippen LogP contribution in [0.15, 0.2) is 0 Å². The molecule has 0 aromatic rings. The Morgan fingerprint density at radius 3 is 1.67 bits per heavy atom. The number of nitrogens with zero attached hydrogens (tertiary/aromatic N) is 3. The molecule has 0 spiro atoms. The van der Waals surface area contributed by atoms with Gasteiger partial charge in [-0.15, -0.1) is 0 Å². The molecule has 0 radical (unpaired) electrons. The highest BCUT2D eigenvalue weighted by Gasteiger charge is 2.24. The van der Waals surface area contributed by atoms with E-state index in [-0.39, 0.29) is 0 Å². The van der Waals surface area contributed by atoms with Gasteiger partial charge in [0.25, 0.3) is 0 Å². The van der Waals surface area contributed by atoms with E-state index in [4.69, 9.17) is 0 Å². The molecule has 5 nitrogen and oxygen atoms in total. The van der Waals surface area contributed by atoms with Crippen molar-refractivity contribution in [2.45, 2.75) is 177 Å². The van der Waals surface area contributed by atoms with Crippen LogP contribution in [-0.2, 0) is 0 Å². The highest BCUT2D eigenvalue weighted by Crippen LogP contribution is 2.24. The Bertz CT molecular complexity index is 624. The summed E-state index contributed by atoms with van der Waals surface area (Å²) in [5.41, 5.74) is 0. The molecule has 3 heterocycles. The maximum Gasteiger partial charge on any atom is 0.0223 e. The van der Waals surface area contributed by atoms with E-state index in [9.17, 15) is 0 Å². The van der Waals surface area contributed by atoms with E-state index in [1.165, 1.54) is 97.1 Å². The van der Waals surface area contributed by atoms with Gasteiger partial charge >= 0.3 is 0 Å². The largest absolute Gasteiger partial charge is 0.314 e. The van der Waals surface area contributed by atoms with Gasteiger partial charge in [0.1, 0.15) is 0 Å². The maximum absolute atomic E-state index is 3.56. The molecule has 0 aromatic heterocycles. The normalized spacial score (nSPS) is 23.6. The Hall–Kier alpha value is -0.200. The summed E-state index contributed by atoms with van der Waals surface area (Å²) in [6, 6.07) is 4.20. The minimum atomic E-state index is 0.617. The van der Waals surface area contributed by atoms with Crippen LogP contribution in [0.25, 0.3) is 0 Å². The zero-order valence-electron chi connectivity index (χ0n) is 30.9. The third kappa shape index (κ3) is 17.9. The van der Waals surface area contributed by atoms with Crippen LogP contribution in [0.2, 0.25) is 0 Å². The van der Waals surface area contributed by atoms with Crippen LogP contribution >= 0.6 is 0 Å². The van der Waals surface area contributed by atoms with E-state index in [1.54, 1.807) is 0 Å². The third-order valence-electron chi connectivity index (χ3n) is 9.72. The molecule has 3 rings (SSSR count). The standard InChI is InChI=1S/C13H27N.2C12H26N2/c1-11(2)7-8-13-6-5-9-14(10-13)12(3)4;1-10(2)13-9-12-5-7-14(8-6-12)11(3)4;1-10(2)13-9-12-7-5-6-8-14(12)11(3)4/h11-13H,5-10H2,1-4H3;2*10-13H,5-9H2,1-4H3. The summed E-state index contributed by atoms with van der Waals surface area (Å²) in [6.45, 7) is 36.4. The molecule has 0 bridgehead atoms. The molecule has 3 fully saturated rings. The number of hydrogen-bond donors (Lipinski definition) is 2. The summed E-state index contributed by atoms with van der Waals surface area (Å²) in [5.74, 6) is 2.77. The van der Waals surface area contributed by atoms with Gasteiger partial charge in [0.2, 0.25) is 0 Å². The smallest absolute Gasteiger partial charge is 0.0223 e. The maximum atomic E-state index is 3.56. The molecule has 0 amide bonds. The molecule has 3 aliphatic rings. The van der Waals surface area contributed by atoms with Crippen LogP contribution in [0.1, 0.15) is 141 Å². The van der Waals surface area contributed by atoms with Crippen LogP contribution < -0.4 is 10.6 Å². The van der Waals surface area contributed by atoms with Gasteiger partial charge in [-0.05, 0) is 137 Å². The lowest BCUT2D eigenvalue weighted by atomic mass is 9.90. The zero-order chi connectivity index (χ0) is 31.7. The second-order valence-electron chi connectivity index (χ2n) is 15.7. The van der Waals surface area contributed by atoms with Gasteiger partial charge in [-0.2, -0.15) is 0 Å². The molecule has 3 saturated heterocycles. The minimum absolute atomic E-state index is 0.617. The Kier molecular flexibility index (Phi) is 21.2. The molecule has 0 aromatic carbocycles. The number of likely N-dealkylation sites (tertiary alicyclic amines) is 3. The van der Waals surface area contributed by atoms with Crippen molar-refractivity contribution in [2.75, 3.05) is 45.8 Å². The molecule has 2 N–H and O–H groups in total. The van der Waals surface area contributed by atoms with E-state index in [1.807, 2.05) is 0 Å². The van der Waals surface area contributed by atoms with Gasteiger partial charge in [0.05, 0.1) is 0 Å². The first kappa shape index (κ1) is 39.8. The molecule has 252 valence electrons. The van der Waals surface area contributed by atoms with Crippen molar-refractivity contribution in [3.8, 4) is 0 Å². The molecular weight excluding hydrogens is 514 g/mol. The van der Waals surface area contributed by atoms with Crippen LogP contribution in [0.4, 0.5) is 0 Å². The molecular formula is C37H79N5. The Morgan fingerprint density at radius 2 is 1.14 bits per heavy atom. The van der Waals surface area contributed by atoms with Crippen molar-refractivity contribution in [3.63, 3.8) is 0 Å². The summed E-state index contributed by atoms with van der Waals surface area (Å²) >= 11 is 0. The third-order valence-corrected chi connectivity index (χ3v) is 9.72. The summed E-state index contributed by atoms with van der Waals surface area (Å²) in [5, 5.41) is 7.10. The lowest BCUT2D eigenvalue weighted by Gasteiger charge is -2.39. The predicted octanol–water partition coefficient (Wildman–Crippen LogP) is 7.90. The van der Waals surface area contributed by atoms with Crippen molar-refractivity contribution >= 4 is 0 Å². The number of rotatable bonds is 12. The quantitative estimate of drug-likeness (QED) is 0.240. The SMILES string of the molecule is CC(C)CCC1CCCN(C(C)C)C1.CC(C)NCC1CCCCN1C(C)C.CC(C)NCC1CCN(C(C)C)CC1. The van der Waals surface area contributed by atoms with Crippen molar-refractivity contribution in [1.29, 1.82) is 0 Å². The summed E-state index contributed by atoms with van der Waals surface area (Å²) in [7, 11) is 0. The Balaban J connectivity index is 0.000000315. The van der Waals surface area contributed by atoms with Crippen molar-refractivity contribution in [2.24, 2.45) is 17.8 Å². The van der Waals surface area contributed by atoms with E-state index >= 15 is 0 Å². The van der Waals surface area contributed by atoms with Crippen molar-refractivity contribution < 1.29 is 0 Å². The topological polar surface area (TPSA) is 33.8 Å². The van der Waals surface area contributed by atoms with Crippen LogP contribution in [0.3, 0.4) is 0 Å². The molecule has 5 heteroatoms. The molecule has 3 aliphatic heterocycles. The van der Waals surface area contributed by atoms with E-state index in [0.717, 1.165) is 42.4 Å². The van der Waals surface area contributed by atoms with Gasteiger partial charge in [-0.3, -0.25) is 4.90 Å². The van der Waals surface area contributed by atoms with Gasteiger partial charge in [-0.1, -0.05) is 54.4 Å². The minimum Gasteiger partial charge on any atom is -0.314 e.